The van der Waals surface area contributed by atoms with Gasteiger partial charge in [0.25, 0.3) is 0 Å². The van der Waals surface area contributed by atoms with Crippen molar-refractivity contribution in [1.82, 2.24) is 5.32 Å². The highest BCUT2D eigenvalue weighted by molar-refractivity contribution is 7.53. The lowest BCUT2D eigenvalue weighted by Gasteiger charge is -2.45. The molecule has 36 heavy (non-hydrogen) atoms. The minimum absolute atomic E-state index is 0.0106. The van der Waals surface area contributed by atoms with Gasteiger partial charge in [0.2, 0.25) is 0 Å². The van der Waals surface area contributed by atoms with Crippen LogP contribution in [0.3, 0.4) is 0 Å². The number of hydrogen-bond acceptors (Lipinski definition) is 11. The molecule has 208 valence electrons. The zero-order valence-corrected chi connectivity index (χ0v) is 21.4. The van der Waals surface area contributed by atoms with Crippen LogP contribution in [-0.4, -0.2) is 86.4 Å². The number of ether oxygens (including phenoxy) is 4. The minimum atomic E-state index is -5.32. The van der Waals surface area contributed by atoms with Gasteiger partial charge in [-0.3, -0.25) is 23.7 Å². The molecule has 1 aliphatic heterocycles. The molecule has 0 aromatic rings. The van der Waals surface area contributed by atoms with E-state index in [4.69, 9.17) is 28.0 Å². The maximum Gasteiger partial charge on any atom is 0.471 e. The zero-order valence-electron chi connectivity index (χ0n) is 20.5. The number of nitrogens with one attached hydrogen (secondary N) is 1. The first-order valence-electron chi connectivity index (χ1n) is 11.0. The third-order valence-electron chi connectivity index (χ3n) is 4.74. The first-order chi connectivity index (χ1) is 16.6. The number of carbonyl (C=O) groups is 4. The average Bonchev–Trinajstić information content (AvgIpc) is 2.73. The summed E-state index contributed by atoms with van der Waals surface area (Å²) in [5.41, 5.74) is 0. The summed E-state index contributed by atoms with van der Waals surface area (Å²) in [4.78, 5) is 46.7. The normalized spacial score (nSPS) is 24.5. The molecule has 0 aromatic heterocycles. The lowest BCUT2D eigenvalue weighted by atomic mass is 9.90. The molecule has 0 spiro atoms. The van der Waals surface area contributed by atoms with Crippen LogP contribution in [-0.2, 0) is 51.7 Å². The van der Waals surface area contributed by atoms with Gasteiger partial charge < -0.3 is 33.3 Å². The van der Waals surface area contributed by atoms with Crippen LogP contribution in [0.4, 0.5) is 13.2 Å². The molecule has 1 saturated heterocycles. The van der Waals surface area contributed by atoms with Gasteiger partial charge in [-0.05, 0) is 20.3 Å². The van der Waals surface area contributed by atoms with Crippen molar-refractivity contribution in [2.75, 3.05) is 26.0 Å². The van der Waals surface area contributed by atoms with Crippen molar-refractivity contribution < 1.29 is 64.9 Å². The molecule has 1 aliphatic rings. The molecule has 0 bridgehead atoms. The van der Waals surface area contributed by atoms with Gasteiger partial charge in [-0.2, -0.15) is 13.2 Å². The molecule has 0 radical (unpaired) electrons. The van der Waals surface area contributed by atoms with Crippen LogP contribution in [0.1, 0.15) is 41.0 Å². The van der Waals surface area contributed by atoms with E-state index in [-0.39, 0.29) is 25.8 Å². The van der Waals surface area contributed by atoms with E-state index >= 15 is 0 Å². The summed E-state index contributed by atoms with van der Waals surface area (Å²) in [6, 6.07) is -1.71. The maximum absolute atomic E-state index is 13.1. The molecular weight excluding hydrogens is 518 g/mol. The second-order valence-electron chi connectivity index (χ2n) is 7.62. The Morgan fingerprint density at radius 3 is 1.86 bits per heavy atom. The first kappa shape index (κ1) is 31.8. The third kappa shape index (κ3) is 10.0. The molecular formula is C20H31F3NO11P. The summed E-state index contributed by atoms with van der Waals surface area (Å²) in [6.45, 7) is 5.64. The molecule has 1 fully saturated rings. The van der Waals surface area contributed by atoms with Gasteiger partial charge in [0, 0.05) is 20.8 Å². The van der Waals surface area contributed by atoms with Gasteiger partial charge in [0.1, 0.15) is 12.7 Å². The topological polar surface area (TPSA) is 153 Å². The molecule has 16 heteroatoms. The Morgan fingerprint density at radius 1 is 0.889 bits per heavy atom. The van der Waals surface area contributed by atoms with Gasteiger partial charge >= 0.3 is 37.6 Å². The van der Waals surface area contributed by atoms with Crippen LogP contribution in [0.15, 0.2) is 0 Å². The highest BCUT2D eigenvalue weighted by Crippen LogP contribution is 2.49. The van der Waals surface area contributed by atoms with Crippen molar-refractivity contribution in [1.29, 1.82) is 0 Å². The molecule has 0 aliphatic carbocycles. The SMILES string of the molecule is CCOP(=O)(CC[C@H]1O[C@H](COC(C)=O)[C@@H](OC(C)=O)[C@H](OC(C)=O)[C@H]1NC(=O)C(F)(F)F)OCC. The summed E-state index contributed by atoms with van der Waals surface area (Å²) in [5.74, 6) is -5.00. The fourth-order valence-electron chi connectivity index (χ4n) is 3.52. The van der Waals surface area contributed by atoms with Gasteiger partial charge in [0.05, 0.1) is 31.5 Å². The monoisotopic (exact) mass is 549 g/mol. The van der Waals surface area contributed by atoms with Crippen LogP contribution in [0.5, 0.6) is 0 Å². The van der Waals surface area contributed by atoms with E-state index in [9.17, 15) is 36.9 Å². The summed E-state index contributed by atoms with van der Waals surface area (Å²) in [7, 11) is -3.71. The lowest BCUT2D eigenvalue weighted by molar-refractivity contribution is -0.226. The quantitative estimate of drug-likeness (QED) is 0.216. The van der Waals surface area contributed by atoms with Crippen molar-refractivity contribution in [3.8, 4) is 0 Å². The Kier molecular flexibility index (Phi) is 12.3. The maximum atomic E-state index is 13.1. The van der Waals surface area contributed by atoms with Crippen molar-refractivity contribution >= 4 is 31.4 Å². The van der Waals surface area contributed by atoms with Gasteiger partial charge in [-0.15, -0.1) is 0 Å². The standard InChI is InChI=1S/C20H31F3NO11P/c1-6-31-36(29,32-7-2)9-8-14-16(24-19(28)20(21,22)23)18(34-13(5)27)17(33-12(4)26)15(35-14)10-30-11(3)25/h14-18H,6-10H2,1-5H3,(H,24,28)/t14-,15-,16+,17-,18-/m1/s1. The van der Waals surface area contributed by atoms with Crippen LogP contribution in [0.2, 0.25) is 0 Å². The molecule has 1 amide bonds. The largest absolute Gasteiger partial charge is 0.471 e. The Morgan fingerprint density at radius 2 is 1.42 bits per heavy atom. The Labute approximate surface area is 206 Å². The van der Waals surface area contributed by atoms with Crippen LogP contribution in [0, 0.1) is 0 Å². The van der Waals surface area contributed by atoms with Crippen LogP contribution < -0.4 is 5.32 Å². The van der Waals surface area contributed by atoms with E-state index in [1.54, 1.807) is 19.2 Å². The number of alkyl halides is 3. The first-order valence-corrected chi connectivity index (χ1v) is 12.7. The molecule has 0 unspecified atom stereocenters. The van der Waals surface area contributed by atoms with Crippen LogP contribution >= 0.6 is 7.60 Å². The third-order valence-corrected chi connectivity index (χ3v) is 6.85. The van der Waals surface area contributed by atoms with Crippen molar-refractivity contribution in [3.63, 3.8) is 0 Å². The van der Waals surface area contributed by atoms with Crippen molar-refractivity contribution in [2.45, 2.75) is 77.7 Å². The molecule has 5 atom stereocenters. The van der Waals surface area contributed by atoms with Gasteiger partial charge in [-0.1, -0.05) is 0 Å². The van der Waals surface area contributed by atoms with Crippen LogP contribution in [0.25, 0.3) is 0 Å². The van der Waals surface area contributed by atoms with E-state index in [1.165, 1.54) is 0 Å². The smallest absolute Gasteiger partial charge is 0.463 e. The summed E-state index contributed by atoms with van der Waals surface area (Å²) < 4.78 is 83.6. The number of rotatable bonds is 12. The molecule has 12 nitrogen and oxygen atoms in total. The number of amides is 1. The molecule has 1 heterocycles. The second kappa shape index (κ2) is 13.9. The number of halogens is 3. The fraction of sp³-hybridized carbons (Fsp3) is 0.800. The Balaban J connectivity index is 3.47. The average molecular weight is 549 g/mol. The van der Waals surface area contributed by atoms with E-state index in [0.717, 1.165) is 20.8 Å². The molecule has 1 N–H and O–H groups in total. The summed E-state index contributed by atoms with van der Waals surface area (Å²) >= 11 is 0. The van der Waals surface area contributed by atoms with E-state index in [0.29, 0.717) is 0 Å². The number of esters is 3. The van der Waals surface area contributed by atoms with Crippen molar-refractivity contribution in [2.24, 2.45) is 0 Å². The Bertz CT molecular complexity index is 828. The van der Waals surface area contributed by atoms with E-state index in [1.807, 2.05) is 0 Å². The highest BCUT2D eigenvalue weighted by Gasteiger charge is 2.53. The fourth-order valence-corrected chi connectivity index (χ4v) is 5.21. The predicted octanol–water partition coefficient (Wildman–Crippen LogP) is 1.88. The van der Waals surface area contributed by atoms with Crippen molar-refractivity contribution in [3.05, 3.63) is 0 Å². The zero-order chi connectivity index (χ0) is 27.7. The number of hydrogen-bond donors (Lipinski definition) is 1. The van der Waals surface area contributed by atoms with E-state index < -0.39 is 74.7 Å². The second-order valence-corrected chi connectivity index (χ2v) is 9.80. The molecule has 1 rings (SSSR count). The number of carbonyl (C=O) groups excluding carboxylic acids is 4. The predicted molar refractivity (Wildman–Crippen MR) is 115 cm³/mol. The molecule has 0 aromatic carbocycles. The lowest BCUT2D eigenvalue weighted by Crippen LogP contribution is -2.67. The van der Waals surface area contributed by atoms with Gasteiger partial charge in [-0.25, -0.2) is 0 Å². The highest BCUT2D eigenvalue weighted by atomic mass is 31.2. The minimum Gasteiger partial charge on any atom is -0.463 e. The van der Waals surface area contributed by atoms with E-state index in [2.05, 4.69) is 0 Å². The Hall–Kier alpha value is -2.22. The molecule has 0 saturated carbocycles. The van der Waals surface area contributed by atoms with Gasteiger partial charge in [0.15, 0.2) is 12.2 Å². The summed E-state index contributed by atoms with van der Waals surface area (Å²) in [6.07, 6.45) is -11.9. The summed E-state index contributed by atoms with van der Waals surface area (Å²) in [5, 5.41) is 1.72.